The number of carbonyl (C=O) groups excluding carboxylic acids is 1. The molecule has 0 aliphatic carbocycles. The van der Waals surface area contributed by atoms with Crippen molar-refractivity contribution in [1.82, 2.24) is 0 Å². The molecule has 0 saturated heterocycles. The van der Waals surface area contributed by atoms with Crippen LogP contribution in [0.4, 0.5) is 0 Å². The number of hydrogen-bond donors (Lipinski definition) is 2. The van der Waals surface area contributed by atoms with Crippen LogP contribution in [-0.2, 0) is 0 Å². The molecule has 144 valence electrons. The highest BCUT2D eigenvalue weighted by molar-refractivity contribution is 5.91. The van der Waals surface area contributed by atoms with Gasteiger partial charge in [-0.15, -0.1) is 0 Å². The Kier molecular flexibility index (Phi) is 7.10. The zero-order chi connectivity index (χ0) is 20.7. The molecule has 0 spiro atoms. The number of hydrogen-bond acceptors (Lipinski definition) is 3. The van der Waals surface area contributed by atoms with Gasteiger partial charge in [-0.25, -0.2) is 4.79 Å². The van der Waals surface area contributed by atoms with Gasteiger partial charge in [0.2, 0.25) is 0 Å². The predicted octanol–water partition coefficient (Wildman–Crippen LogP) is 5.36. The van der Waals surface area contributed by atoms with E-state index in [1.165, 1.54) is 17.7 Å². The Labute approximate surface area is 165 Å². The molecule has 0 aliphatic rings. The van der Waals surface area contributed by atoms with E-state index >= 15 is 0 Å². The summed E-state index contributed by atoms with van der Waals surface area (Å²) in [7, 11) is 0. The van der Waals surface area contributed by atoms with Crippen LogP contribution < -0.4 is 0 Å². The Bertz CT molecular complexity index is 962. The Morgan fingerprint density at radius 3 is 2.18 bits per heavy atom. The van der Waals surface area contributed by atoms with Gasteiger partial charge in [0.05, 0.1) is 0 Å². The first-order valence-corrected chi connectivity index (χ1v) is 8.97. The van der Waals surface area contributed by atoms with Crippen LogP contribution in [0.3, 0.4) is 0 Å². The summed E-state index contributed by atoms with van der Waals surface area (Å²) in [6.45, 7) is 5.97. The molecule has 2 N–H and O–H groups in total. The summed E-state index contributed by atoms with van der Waals surface area (Å²) >= 11 is 0. The lowest BCUT2D eigenvalue weighted by Crippen LogP contribution is -2.01. The Balaban J connectivity index is 0.000000237. The van der Waals surface area contributed by atoms with Crippen LogP contribution in [0.5, 0.6) is 5.75 Å². The fourth-order valence-electron chi connectivity index (χ4n) is 2.83. The van der Waals surface area contributed by atoms with Crippen LogP contribution in [0.25, 0.3) is 0 Å². The lowest BCUT2D eigenvalue weighted by Gasteiger charge is -2.13. The Hall–Kier alpha value is -3.40. The second kappa shape index (κ2) is 9.51. The van der Waals surface area contributed by atoms with Crippen molar-refractivity contribution in [3.8, 4) is 5.75 Å². The minimum Gasteiger partial charge on any atom is -0.507 e. The highest BCUT2D eigenvalue weighted by atomic mass is 16.4. The molecule has 3 aromatic rings. The minimum absolute atomic E-state index is 0.0599. The number of aromatic hydroxyl groups is 1. The topological polar surface area (TPSA) is 74.6 Å². The summed E-state index contributed by atoms with van der Waals surface area (Å²) in [6, 6.07) is 20.3. The van der Waals surface area contributed by atoms with Gasteiger partial charge in [0.15, 0.2) is 0 Å². The van der Waals surface area contributed by atoms with Gasteiger partial charge in [-0.05, 0) is 48.2 Å². The second-order valence-corrected chi connectivity index (χ2v) is 6.62. The van der Waals surface area contributed by atoms with Gasteiger partial charge in [-0.2, -0.15) is 0 Å². The van der Waals surface area contributed by atoms with Gasteiger partial charge in [0, 0.05) is 11.5 Å². The molecule has 1 unspecified atom stereocenters. The van der Waals surface area contributed by atoms with Gasteiger partial charge in [-0.3, -0.25) is 4.79 Å². The number of phenols is 1. The molecule has 1 atom stereocenters. The highest BCUT2D eigenvalue weighted by Gasteiger charge is 2.14. The molecule has 0 saturated carbocycles. The van der Waals surface area contributed by atoms with Crippen LogP contribution >= 0.6 is 0 Å². The van der Waals surface area contributed by atoms with E-state index in [0.717, 1.165) is 28.5 Å². The van der Waals surface area contributed by atoms with Crippen molar-refractivity contribution in [2.24, 2.45) is 0 Å². The molecule has 0 heterocycles. The fraction of sp³-hybridized carbons (Fsp3) is 0.167. The summed E-state index contributed by atoms with van der Waals surface area (Å²) < 4.78 is 0. The second-order valence-electron chi connectivity index (χ2n) is 6.62. The zero-order valence-electron chi connectivity index (χ0n) is 16.2. The molecule has 4 heteroatoms. The number of benzene rings is 3. The van der Waals surface area contributed by atoms with E-state index in [1.54, 1.807) is 6.07 Å². The van der Waals surface area contributed by atoms with Crippen molar-refractivity contribution in [3.05, 3.63) is 100 Å². The van der Waals surface area contributed by atoms with E-state index in [4.69, 9.17) is 5.11 Å². The third-order valence-electron chi connectivity index (χ3n) is 4.82. The first kappa shape index (κ1) is 20.9. The van der Waals surface area contributed by atoms with Gasteiger partial charge < -0.3 is 10.2 Å². The fourth-order valence-corrected chi connectivity index (χ4v) is 2.83. The first-order valence-electron chi connectivity index (χ1n) is 8.97. The van der Waals surface area contributed by atoms with Gasteiger partial charge in [0.25, 0.3) is 0 Å². The normalized spacial score (nSPS) is 11.1. The standard InChI is InChI=1S/C15H14O3.C9H10O/c1-10(11-5-3-2-4-6-11)12-7-8-14(16)13(9-12)15(17)18;1-7-4-3-5-9(6-10)8(7)2/h2-10,16H,1H3,(H,17,18);3-6H,1-2H3. The Morgan fingerprint density at radius 2 is 1.61 bits per heavy atom. The van der Waals surface area contributed by atoms with Crippen molar-refractivity contribution < 1.29 is 19.8 Å². The highest BCUT2D eigenvalue weighted by Crippen LogP contribution is 2.28. The lowest BCUT2D eigenvalue weighted by atomic mass is 9.92. The Morgan fingerprint density at radius 1 is 0.929 bits per heavy atom. The van der Waals surface area contributed by atoms with Gasteiger partial charge >= 0.3 is 5.97 Å². The van der Waals surface area contributed by atoms with E-state index in [0.29, 0.717) is 0 Å². The van der Waals surface area contributed by atoms with Crippen molar-refractivity contribution in [2.75, 3.05) is 0 Å². The van der Waals surface area contributed by atoms with Crippen molar-refractivity contribution in [3.63, 3.8) is 0 Å². The van der Waals surface area contributed by atoms with E-state index < -0.39 is 5.97 Å². The maximum atomic E-state index is 11.0. The van der Waals surface area contributed by atoms with Crippen molar-refractivity contribution in [1.29, 1.82) is 0 Å². The van der Waals surface area contributed by atoms with Crippen molar-refractivity contribution >= 4 is 12.3 Å². The number of carboxylic acids is 1. The number of aldehydes is 1. The number of aromatic carboxylic acids is 1. The van der Waals surface area contributed by atoms with Gasteiger partial charge in [0.1, 0.15) is 17.6 Å². The van der Waals surface area contributed by atoms with E-state index in [-0.39, 0.29) is 17.2 Å². The molecule has 0 amide bonds. The molecular formula is C24H24O4. The SMILES string of the molecule is CC(c1ccccc1)c1ccc(O)c(C(=O)O)c1.Cc1cccc(C=O)c1C. The van der Waals surface area contributed by atoms with E-state index in [9.17, 15) is 14.7 Å². The molecule has 28 heavy (non-hydrogen) atoms. The van der Waals surface area contributed by atoms with Crippen molar-refractivity contribution in [2.45, 2.75) is 26.7 Å². The molecule has 3 rings (SSSR count). The summed E-state index contributed by atoms with van der Waals surface area (Å²) in [5.41, 5.74) is 4.97. The van der Waals surface area contributed by atoms with Crippen LogP contribution in [0, 0.1) is 13.8 Å². The molecule has 4 nitrogen and oxygen atoms in total. The predicted molar refractivity (Wildman–Crippen MR) is 110 cm³/mol. The van der Waals surface area contributed by atoms with Crippen LogP contribution in [0.15, 0.2) is 66.7 Å². The monoisotopic (exact) mass is 376 g/mol. The maximum Gasteiger partial charge on any atom is 0.339 e. The number of carbonyl (C=O) groups is 2. The van der Waals surface area contributed by atoms with Crippen LogP contribution in [0.2, 0.25) is 0 Å². The molecular weight excluding hydrogens is 352 g/mol. The average molecular weight is 376 g/mol. The summed E-state index contributed by atoms with van der Waals surface area (Å²) in [6.07, 6.45) is 0.891. The minimum atomic E-state index is -1.12. The molecule has 0 fully saturated rings. The lowest BCUT2D eigenvalue weighted by molar-refractivity contribution is 0.0693. The number of aryl methyl sites for hydroxylation is 1. The molecule has 0 aliphatic heterocycles. The average Bonchev–Trinajstić information content (AvgIpc) is 2.71. The van der Waals surface area contributed by atoms with Crippen LogP contribution in [0.1, 0.15) is 55.8 Å². The summed E-state index contributed by atoms with van der Waals surface area (Å²) in [5.74, 6) is -1.23. The van der Waals surface area contributed by atoms with Gasteiger partial charge in [-0.1, -0.05) is 61.5 Å². The maximum absolute atomic E-state index is 11.0. The molecule has 0 aromatic heterocycles. The largest absolute Gasteiger partial charge is 0.507 e. The quantitative estimate of drug-likeness (QED) is 0.601. The number of carboxylic acid groups (broad SMARTS) is 1. The van der Waals surface area contributed by atoms with E-state index in [1.807, 2.05) is 69.3 Å². The third-order valence-corrected chi connectivity index (χ3v) is 4.82. The first-order chi connectivity index (χ1) is 13.3. The number of rotatable bonds is 4. The summed E-state index contributed by atoms with van der Waals surface area (Å²) in [4.78, 5) is 21.4. The van der Waals surface area contributed by atoms with Crippen LogP contribution in [-0.4, -0.2) is 22.5 Å². The van der Waals surface area contributed by atoms with E-state index in [2.05, 4.69) is 0 Å². The zero-order valence-corrected chi connectivity index (χ0v) is 16.2. The molecule has 0 radical (unpaired) electrons. The summed E-state index contributed by atoms with van der Waals surface area (Å²) in [5, 5.41) is 18.5. The smallest absolute Gasteiger partial charge is 0.339 e. The molecule has 0 bridgehead atoms. The molecule has 3 aromatic carbocycles. The third kappa shape index (κ3) is 5.07.